The highest BCUT2D eigenvalue weighted by Crippen LogP contribution is 2.26. The molecule has 2 atom stereocenters. The minimum Gasteiger partial charge on any atom is -0.490 e. The number of hydrogen-bond donors (Lipinski definition) is 1. The third kappa shape index (κ3) is 4.36. The molecule has 1 aromatic rings. The van der Waals surface area contributed by atoms with Crippen LogP contribution in [0.15, 0.2) is 18.2 Å². The molecule has 0 saturated carbocycles. The predicted molar refractivity (Wildman–Crippen MR) is 85.1 cm³/mol. The van der Waals surface area contributed by atoms with Crippen molar-refractivity contribution in [2.45, 2.75) is 39.1 Å². The Morgan fingerprint density at radius 1 is 1.39 bits per heavy atom. The molecular formula is C16H20ClNO5. The van der Waals surface area contributed by atoms with E-state index in [0.29, 0.717) is 22.9 Å². The number of hydrogen-bond acceptors (Lipinski definition) is 4. The molecule has 2 rings (SSSR count). The first-order valence-corrected chi connectivity index (χ1v) is 7.79. The molecule has 1 aliphatic rings. The van der Waals surface area contributed by atoms with E-state index in [1.165, 1.54) is 11.0 Å². The SMILES string of the molecule is CC(C)Oc1ccc(Cl)cc1C(=O)N1CC(C(=O)O)O[C@H](C)C1. The quantitative estimate of drug-likeness (QED) is 0.910. The first kappa shape index (κ1) is 17.6. The van der Waals surface area contributed by atoms with Gasteiger partial charge in [0.05, 0.1) is 24.3 Å². The van der Waals surface area contributed by atoms with Gasteiger partial charge >= 0.3 is 5.97 Å². The van der Waals surface area contributed by atoms with E-state index >= 15 is 0 Å². The zero-order chi connectivity index (χ0) is 17.1. The van der Waals surface area contributed by atoms with Gasteiger partial charge in [0.2, 0.25) is 0 Å². The van der Waals surface area contributed by atoms with Gasteiger partial charge in [-0.05, 0) is 39.0 Å². The predicted octanol–water partition coefficient (Wildman–Crippen LogP) is 2.44. The van der Waals surface area contributed by atoms with Gasteiger partial charge in [0.1, 0.15) is 5.75 Å². The number of ether oxygens (including phenoxy) is 2. The Bertz CT molecular complexity index is 604. The van der Waals surface area contributed by atoms with Crippen molar-refractivity contribution in [2.24, 2.45) is 0 Å². The van der Waals surface area contributed by atoms with Crippen LogP contribution in [0.3, 0.4) is 0 Å². The van der Waals surface area contributed by atoms with E-state index in [1.54, 1.807) is 19.1 Å². The van der Waals surface area contributed by atoms with Crippen molar-refractivity contribution in [1.29, 1.82) is 0 Å². The minimum absolute atomic E-state index is 0.00780. The lowest BCUT2D eigenvalue weighted by Gasteiger charge is -2.35. The molecule has 1 fully saturated rings. The molecule has 0 aliphatic carbocycles. The number of rotatable bonds is 4. The van der Waals surface area contributed by atoms with Crippen molar-refractivity contribution in [2.75, 3.05) is 13.1 Å². The third-order valence-corrected chi connectivity index (χ3v) is 3.59. The number of carbonyl (C=O) groups excluding carboxylic acids is 1. The lowest BCUT2D eigenvalue weighted by molar-refractivity contribution is -0.160. The number of nitrogens with zero attached hydrogens (tertiary/aromatic N) is 1. The molecule has 0 radical (unpaired) electrons. The second-order valence-corrected chi connectivity index (χ2v) is 6.23. The van der Waals surface area contributed by atoms with Gasteiger partial charge in [-0.15, -0.1) is 0 Å². The summed E-state index contributed by atoms with van der Waals surface area (Å²) in [5.41, 5.74) is 0.324. The number of carboxylic acid groups (broad SMARTS) is 1. The van der Waals surface area contributed by atoms with Gasteiger partial charge in [-0.25, -0.2) is 4.79 Å². The molecule has 1 N–H and O–H groups in total. The van der Waals surface area contributed by atoms with E-state index < -0.39 is 12.1 Å². The van der Waals surface area contributed by atoms with Crippen LogP contribution in [0.5, 0.6) is 5.75 Å². The van der Waals surface area contributed by atoms with Crippen LogP contribution in [0.2, 0.25) is 5.02 Å². The Kier molecular flexibility index (Phi) is 5.49. The van der Waals surface area contributed by atoms with Gasteiger partial charge in [0.15, 0.2) is 6.10 Å². The maximum absolute atomic E-state index is 12.8. The lowest BCUT2D eigenvalue weighted by Crippen LogP contribution is -2.51. The lowest BCUT2D eigenvalue weighted by atomic mass is 10.1. The highest BCUT2D eigenvalue weighted by molar-refractivity contribution is 6.31. The Labute approximate surface area is 139 Å². The average Bonchev–Trinajstić information content (AvgIpc) is 2.47. The highest BCUT2D eigenvalue weighted by atomic mass is 35.5. The Morgan fingerprint density at radius 2 is 2.09 bits per heavy atom. The van der Waals surface area contributed by atoms with Crippen LogP contribution >= 0.6 is 11.6 Å². The van der Waals surface area contributed by atoms with Gasteiger partial charge in [0.25, 0.3) is 5.91 Å². The normalized spacial score (nSPS) is 21.3. The van der Waals surface area contributed by atoms with Crippen molar-refractivity contribution in [1.82, 2.24) is 4.90 Å². The highest BCUT2D eigenvalue weighted by Gasteiger charge is 2.34. The fourth-order valence-corrected chi connectivity index (χ4v) is 2.62. The molecule has 1 saturated heterocycles. The van der Waals surface area contributed by atoms with Crippen LogP contribution in [-0.2, 0) is 9.53 Å². The van der Waals surface area contributed by atoms with Crippen molar-refractivity contribution in [3.8, 4) is 5.75 Å². The number of benzene rings is 1. The maximum atomic E-state index is 12.8. The summed E-state index contributed by atoms with van der Waals surface area (Å²) in [5, 5.41) is 9.55. The largest absolute Gasteiger partial charge is 0.490 e. The van der Waals surface area contributed by atoms with Crippen molar-refractivity contribution < 1.29 is 24.2 Å². The molecule has 1 amide bonds. The molecule has 6 nitrogen and oxygen atoms in total. The fourth-order valence-electron chi connectivity index (χ4n) is 2.45. The number of carboxylic acids is 1. The van der Waals surface area contributed by atoms with E-state index in [4.69, 9.17) is 26.2 Å². The summed E-state index contributed by atoms with van der Waals surface area (Å²) in [7, 11) is 0. The van der Waals surface area contributed by atoms with Crippen molar-refractivity contribution in [3.63, 3.8) is 0 Å². The summed E-state index contributed by atoms with van der Waals surface area (Å²) < 4.78 is 11.0. The first-order valence-electron chi connectivity index (χ1n) is 7.41. The minimum atomic E-state index is -1.08. The zero-order valence-corrected chi connectivity index (χ0v) is 14.0. The van der Waals surface area contributed by atoms with Crippen LogP contribution in [0.25, 0.3) is 0 Å². The van der Waals surface area contributed by atoms with Crippen molar-refractivity contribution in [3.05, 3.63) is 28.8 Å². The number of halogens is 1. The number of amides is 1. The smallest absolute Gasteiger partial charge is 0.334 e. The van der Waals surface area contributed by atoms with Crippen LogP contribution in [0.4, 0.5) is 0 Å². The van der Waals surface area contributed by atoms with Gasteiger partial charge in [-0.1, -0.05) is 11.6 Å². The molecule has 0 bridgehead atoms. The van der Waals surface area contributed by atoms with Crippen LogP contribution in [-0.4, -0.2) is 53.3 Å². The van der Waals surface area contributed by atoms with Crippen molar-refractivity contribution >= 4 is 23.5 Å². The maximum Gasteiger partial charge on any atom is 0.334 e. The van der Waals surface area contributed by atoms with Gasteiger partial charge in [-0.2, -0.15) is 0 Å². The molecule has 1 aromatic carbocycles. The van der Waals surface area contributed by atoms with Crippen LogP contribution in [0, 0.1) is 0 Å². The molecule has 0 spiro atoms. The molecule has 1 aliphatic heterocycles. The Morgan fingerprint density at radius 3 is 2.70 bits per heavy atom. The number of aliphatic carboxylic acids is 1. The summed E-state index contributed by atoms with van der Waals surface area (Å²) in [6, 6.07) is 4.84. The fraction of sp³-hybridized carbons (Fsp3) is 0.500. The van der Waals surface area contributed by atoms with Gasteiger partial charge in [0, 0.05) is 11.6 Å². The standard InChI is InChI=1S/C16H20ClNO5/c1-9(2)22-13-5-4-11(17)6-12(13)15(19)18-7-10(3)23-14(8-18)16(20)21/h4-6,9-10,14H,7-8H2,1-3H3,(H,20,21)/t10-,14?/m1/s1. The molecule has 126 valence electrons. The third-order valence-electron chi connectivity index (χ3n) is 3.36. The van der Waals surface area contributed by atoms with E-state index in [9.17, 15) is 9.59 Å². The summed E-state index contributed by atoms with van der Waals surface area (Å²) >= 11 is 6.00. The summed E-state index contributed by atoms with van der Waals surface area (Å²) in [6.45, 7) is 5.77. The summed E-state index contributed by atoms with van der Waals surface area (Å²) in [4.78, 5) is 25.4. The Balaban J connectivity index is 2.28. The summed E-state index contributed by atoms with van der Waals surface area (Å²) in [5.74, 6) is -0.968. The second kappa shape index (κ2) is 7.19. The Hall–Kier alpha value is -1.79. The molecule has 0 aromatic heterocycles. The number of morpholine rings is 1. The monoisotopic (exact) mass is 341 g/mol. The van der Waals surface area contributed by atoms with E-state index in [1.807, 2.05) is 13.8 Å². The van der Waals surface area contributed by atoms with Crippen LogP contribution in [0.1, 0.15) is 31.1 Å². The molecule has 1 heterocycles. The van der Waals surface area contributed by atoms with E-state index in [2.05, 4.69) is 0 Å². The first-order chi connectivity index (χ1) is 10.8. The molecule has 1 unspecified atom stereocenters. The molecule has 23 heavy (non-hydrogen) atoms. The van der Waals surface area contributed by atoms with Crippen LogP contribution < -0.4 is 4.74 Å². The van der Waals surface area contributed by atoms with E-state index in [-0.39, 0.29) is 24.7 Å². The topological polar surface area (TPSA) is 76.1 Å². The van der Waals surface area contributed by atoms with Gasteiger partial charge < -0.3 is 19.5 Å². The molecule has 7 heteroatoms. The average molecular weight is 342 g/mol. The van der Waals surface area contributed by atoms with E-state index in [0.717, 1.165) is 0 Å². The summed E-state index contributed by atoms with van der Waals surface area (Å²) in [6.07, 6.45) is -1.49. The zero-order valence-electron chi connectivity index (χ0n) is 13.3. The second-order valence-electron chi connectivity index (χ2n) is 5.79. The number of carbonyl (C=O) groups is 2. The van der Waals surface area contributed by atoms with Gasteiger partial charge in [-0.3, -0.25) is 4.79 Å². The molecular weight excluding hydrogens is 322 g/mol.